The molecular formula is C22H25FN2O4. The Kier molecular flexibility index (Phi) is 8.33. The molecule has 7 heteroatoms. The summed E-state index contributed by atoms with van der Waals surface area (Å²) in [7, 11) is 0. The highest BCUT2D eigenvalue weighted by atomic mass is 19.1. The van der Waals surface area contributed by atoms with E-state index in [2.05, 4.69) is 10.6 Å². The normalized spacial score (nSPS) is 10.3. The van der Waals surface area contributed by atoms with E-state index in [0.717, 1.165) is 12.0 Å². The molecule has 0 aliphatic heterocycles. The summed E-state index contributed by atoms with van der Waals surface area (Å²) in [6, 6.07) is 10.8. The highest BCUT2D eigenvalue weighted by Gasteiger charge is 2.13. The van der Waals surface area contributed by atoms with E-state index in [4.69, 9.17) is 4.74 Å². The van der Waals surface area contributed by atoms with Gasteiger partial charge in [-0.15, -0.1) is 0 Å². The number of nitrogens with one attached hydrogen (secondary N) is 2. The van der Waals surface area contributed by atoms with Crippen LogP contribution in [-0.2, 0) is 16.0 Å². The number of amides is 2. The van der Waals surface area contributed by atoms with Crippen LogP contribution in [0.15, 0.2) is 42.5 Å². The summed E-state index contributed by atoms with van der Waals surface area (Å²) < 4.78 is 18.4. The predicted molar refractivity (Wildman–Crippen MR) is 109 cm³/mol. The first kappa shape index (κ1) is 22.1. The summed E-state index contributed by atoms with van der Waals surface area (Å²) in [5.41, 5.74) is 1.70. The molecule has 2 rings (SSSR count). The van der Waals surface area contributed by atoms with Crippen molar-refractivity contribution in [2.45, 2.75) is 33.1 Å². The first-order chi connectivity index (χ1) is 13.9. The van der Waals surface area contributed by atoms with Crippen LogP contribution in [0, 0.1) is 5.82 Å². The van der Waals surface area contributed by atoms with Crippen LogP contribution in [-0.4, -0.2) is 30.7 Å². The van der Waals surface area contributed by atoms with E-state index < -0.39 is 0 Å². The molecular weight excluding hydrogens is 375 g/mol. The summed E-state index contributed by atoms with van der Waals surface area (Å²) in [4.78, 5) is 35.6. The molecule has 6 nitrogen and oxygen atoms in total. The van der Waals surface area contributed by atoms with E-state index in [-0.39, 0.29) is 35.8 Å². The van der Waals surface area contributed by atoms with E-state index in [9.17, 15) is 18.8 Å². The number of Topliss-reactive ketones (excluding diaryl/α,β-unsaturated/α-hetero) is 1. The lowest BCUT2D eigenvalue weighted by Gasteiger charge is -2.12. The quantitative estimate of drug-likeness (QED) is 0.598. The number of carbonyl (C=O) groups is 3. The first-order valence-electron chi connectivity index (χ1n) is 9.47. The molecule has 0 heterocycles. The van der Waals surface area contributed by atoms with Crippen LogP contribution >= 0.6 is 0 Å². The molecule has 0 aromatic heterocycles. The van der Waals surface area contributed by atoms with Crippen molar-refractivity contribution in [1.29, 1.82) is 0 Å². The summed E-state index contributed by atoms with van der Waals surface area (Å²) in [6.07, 6.45) is 1.69. The number of hydrogen-bond donors (Lipinski definition) is 2. The molecule has 0 aliphatic rings. The van der Waals surface area contributed by atoms with E-state index in [1.165, 1.54) is 25.1 Å². The van der Waals surface area contributed by atoms with Crippen molar-refractivity contribution >= 4 is 23.3 Å². The topological polar surface area (TPSA) is 84.5 Å². The molecule has 0 radical (unpaired) electrons. The van der Waals surface area contributed by atoms with Crippen molar-refractivity contribution in [3.05, 3.63) is 59.4 Å². The zero-order valence-corrected chi connectivity index (χ0v) is 16.6. The average Bonchev–Trinajstić information content (AvgIpc) is 2.68. The minimum atomic E-state index is -0.332. The number of rotatable bonds is 10. The Morgan fingerprint density at radius 3 is 2.41 bits per heavy atom. The number of ketones is 1. The number of halogens is 1. The minimum absolute atomic E-state index is 0.129. The van der Waals surface area contributed by atoms with Crippen LogP contribution in [0.1, 0.15) is 42.6 Å². The molecule has 154 valence electrons. The Morgan fingerprint density at radius 1 is 1.03 bits per heavy atom. The number of carbonyl (C=O) groups excluding carboxylic acids is 3. The molecule has 0 spiro atoms. The minimum Gasteiger partial charge on any atom is -0.483 e. The molecule has 0 aliphatic carbocycles. The zero-order chi connectivity index (χ0) is 21.2. The second-order valence-electron chi connectivity index (χ2n) is 6.58. The Morgan fingerprint density at radius 2 is 1.76 bits per heavy atom. The van der Waals surface area contributed by atoms with Crippen molar-refractivity contribution in [1.82, 2.24) is 5.32 Å². The third-order valence-corrected chi connectivity index (χ3v) is 4.13. The number of benzene rings is 2. The Hall–Kier alpha value is -3.22. The van der Waals surface area contributed by atoms with Gasteiger partial charge >= 0.3 is 0 Å². The molecule has 0 saturated carbocycles. The Labute approximate surface area is 169 Å². The molecule has 0 bridgehead atoms. The van der Waals surface area contributed by atoms with Crippen LogP contribution in [0.3, 0.4) is 0 Å². The van der Waals surface area contributed by atoms with Crippen LogP contribution in [0.5, 0.6) is 5.75 Å². The predicted octanol–water partition coefficient (Wildman–Crippen LogP) is 3.50. The lowest BCUT2D eigenvalue weighted by molar-refractivity contribution is -0.123. The summed E-state index contributed by atoms with van der Waals surface area (Å²) in [5, 5.41) is 5.44. The van der Waals surface area contributed by atoms with Gasteiger partial charge in [0, 0.05) is 18.7 Å². The smallest absolute Gasteiger partial charge is 0.257 e. The monoisotopic (exact) mass is 400 g/mol. The molecule has 2 aromatic rings. The van der Waals surface area contributed by atoms with Gasteiger partial charge in [-0.05, 0) is 55.7 Å². The third kappa shape index (κ3) is 7.37. The Bertz CT molecular complexity index is 866. The Balaban J connectivity index is 1.87. The van der Waals surface area contributed by atoms with E-state index >= 15 is 0 Å². The van der Waals surface area contributed by atoms with Crippen molar-refractivity contribution in [3.8, 4) is 5.75 Å². The molecule has 2 N–H and O–H groups in total. The fourth-order valence-corrected chi connectivity index (χ4v) is 2.65. The van der Waals surface area contributed by atoms with Crippen LogP contribution < -0.4 is 15.4 Å². The molecule has 2 amide bonds. The van der Waals surface area contributed by atoms with E-state index in [1.807, 2.05) is 6.92 Å². The fourth-order valence-electron chi connectivity index (χ4n) is 2.65. The van der Waals surface area contributed by atoms with Crippen LogP contribution in [0.4, 0.5) is 10.1 Å². The number of anilines is 1. The van der Waals surface area contributed by atoms with Gasteiger partial charge in [0.15, 0.2) is 12.4 Å². The maximum absolute atomic E-state index is 12.9. The van der Waals surface area contributed by atoms with Gasteiger partial charge in [-0.1, -0.05) is 19.1 Å². The van der Waals surface area contributed by atoms with Gasteiger partial charge in [-0.3, -0.25) is 14.4 Å². The SMILES string of the molecule is CCCC(=O)Nc1ccc(OCC(=O)NCCc2ccc(F)cc2)c(C(C)=O)c1. The summed E-state index contributed by atoms with van der Waals surface area (Å²) in [5.74, 6) is -0.718. The van der Waals surface area contributed by atoms with E-state index in [1.54, 1.807) is 24.3 Å². The van der Waals surface area contributed by atoms with Crippen molar-refractivity contribution in [2.24, 2.45) is 0 Å². The van der Waals surface area contributed by atoms with Gasteiger partial charge in [-0.25, -0.2) is 4.39 Å². The van der Waals surface area contributed by atoms with Gasteiger partial charge in [-0.2, -0.15) is 0 Å². The molecule has 0 fully saturated rings. The molecule has 29 heavy (non-hydrogen) atoms. The van der Waals surface area contributed by atoms with Crippen molar-refractivity contribution in [2.75, 3.05) is 18.5 Å². The van der Waals surface area contributed by atoms with Crippen molar-refractivity contribution in [3.63, 3.8) is 0 Å². The highest BCUT2D eigenvalue weighted by molar-refractivity contribution is 5.99. The lowest BCUT2D eigenvalue weighted by Crippen LogP contribution is -2.30. The van der Waals surface area contributed by atoms with Crippen molar-refractivity contribution < 1.29 is 23.5 Å². The summed E-state index contributed by atoms with van der Waals surface area (Å²) >= 11 is 0. The molecule has 0 atom stereocenters. The van der Waals surface area contributed by atoms with Gasteiger partial charge in [0.25, 0.3) is 5.91 Å². The zero-order valence-electron chi connectivity index (χ0n) is 16.6. The summed E-state index contributed by atoms with van der Waals surface area (Å²) in [6.45, 7) is 3.44. The largest absolute Gasteiger partial charge is 0.483 e. The maximum atomic E-state index is 12.9. The number of hydrogen-bond acceptors (Lipinski definition) is 4. The van der Waals surface area contributed by atoms with Gasteiger partial charge in [0.05, 0.1) is 5.56 Å². The van der Waals surface area contributed by atoms with Gasteiger partial charge < -0.3 is 15.4 Å². The first-order valence-corrected chi connectivity index (χ1v) is 9.47. The van der Waals surface area contributed by atoms with Crippen LogP contribution in [0.25, 0.3) is 0 Å². The standard InChI is InChI=1S/C22H25FN2O4/c1-3-4-21(27)25-18-9-10-20(19(13-18)15(2)26)29-14-22(28)24-12-11-16-5-7-17(23)8-6-16/h5-10,13H,3-4,11-12,14H2,1-2H3,(H,24,28)(H,25,27). The van der Waals surface area contributed by atoms with E-state index in [0.29, 0.717) is 30.6 Å². The third-order valence-electron chi connectivity index (χ3n) is 4.13. The second-order valence-corrected chi connectivity index (χ2v) is 6.58. The highest BCUT2D eigenvalue weighted by Crippen LogP contribution is 2.23. The lowest BCUT2D eigenvalue weighted by atomic mass is 10.1. The molecule has 0 saturated heterocycles. The number of ether oxygens (including phenoxy) is 1. The average molecular weight is 400 g/mol. The second kappa shape index (κ2) is 10.9. The van der Waals surface area contributed by atoms with Crippen LogP contribution in [0.2, 0.25) is 0 Å². The molecule has 2 aromatic carbocycles. The van der Waals surface area contributed by atoms with Gasteiger partial charge in [0.1, 0.15) is 11.6 Å². The fraction of sp³-hybridized carbons (Fsp3) is 0.318. The molecule has 0 unspecified atom stereocenters. The van der Waals surface area contributed by atoms with Gasteiger partial charge in [0.2, 0.25) is 5.91 Å². The maximum Gasteiger partial charge on any atom is 0.257 e.